The van der Waals surface area contributed by atoms with Crippen LogP contribution in [0.2, 0.25) is 0 Å². The Morgan fingerprint density at radius 3 is 2.53 bits per heavy atom. The highest BCUT2D eigenvalue weighted by molar-refractivity contribution is 5.18. The van der Waals surface area contributed by atoms with E-state index in [2.05, 4.69) is 49.0 Å². The van der Waals surface area contributed by atoms with Gasteiger partial charge in [-0.25, -0.2) is 0 Å². The lowest BCUT2D eigenvalue weighted by atomic mass is 9.90. The molecule has 17 heavy (non-hydrogen) atoms. The molecule has 0 radical (unpaired) electrons. The van der Waals surface area contributed by atoms with Crippen molar-refractivity contribution in [3.05, 3.63) is 17.5 Å². The number of nitrogens with one attached hydrogen (secondary N) is 1. The summed E-state index contributed by atoms with van der Waals surface area (Å²) in [5.41, 5.74) is 2.76. The largest absolute Gasteiger partial charge is 0.317 e. The van der Waals surface area contributed by atoms with Gasteiger partial charge in [-0.15, -0.1) is 0 Å². The van der Waals surface area contributed by atoms with Gasteiger partial charge in [-0.2, -0.15) is 5.10 Å². The van der Waals surface area contributed by atoms with Crippen LogP contribution in [-0.2, 0) is 18.9 Å². The molecule has 0 saturated carbocycles. The van der Waals surface area contributed by atoms with Crippen molar-refractivity contribution < 1.29 is 0 Å². The number of nitrogens with zero attached hydrogens (tertiary/aromatic N) is 2. The highest BCUT2D eigenvalue weighted by atomic mass is 15.3. The van der Waals surface area contributed by atoms with E-state index < -0.39 is 0 Å². The van der Waals surface area contributed by atoms with Gasteiger partial charge < -0.3 is 5.32 Å². The second-order valence-electron chi connectivity index (χ2n) is 6.29. The maximum atomic E-state index is 4.65. The minimum absolute atomic E-state index is 0.157. The van der Waals surface area contributed by atoms with Gasteiger partial charge in [0, 0.05) is 18.2 Å². The maximum Gasteiger partial charge on any atom is 0.0680 e. The third-order valence-electron chi connectivity index (χ3n) is 3.70. The van der Waals surface area contributed by atoms with Gasteiger partial charge in [0.15, 0.2) is 0 Å². The van der Waals surface area contributed by atoms with Gasteiger partial charge in [-0.1, -0.05) is 20.8 Å². The second-order valence-corrected chi connectivity index (χ2v) is 6.29. The Bertz CT molecular complexity index is 367. The van der Waals surface area contributed by atoms with Gasteiger partial charge in [0.25, 0.3) is 0 Å². The lowest BCUT2D eigenvalue weighted by Gasteiger charge is -2.22. The van der Waals surface area contributed by atoms with Crippen LogP contribution in [0.4, 0.5) is 0 Å². The molecule has 2 heterocycles. The highest BCUT2D eigenvalue weighted by Gasteiger charge is 2.21. The van der Waals surface area contributed by atoms with Gasteiger partial charge in [0.2, 0.25) is 0 Å². The van der Waals surface area contributed by atoms with Crippen molar-refractivity contribution in [3.63, 3.8) is 0 Å². The van der Waals surface area contributed by atoms with Crippen LogP contribution in [0.3, 0.4) is 0 Å². The SMILES string of the molecule is Cn1nc(C(C)(C)C)cc1CC1CCNCC1. The fraction of sp³-hybridized carbons (Fsp3) is 0.786. The monoisotopic (exact) mass is 235 g/mol. The van der Waals surface area contributed by atoms with Crippen LogP contribution in [0.5, 0.6) is 0 Å². The van der Waals surface area contributed by atoms with Crippen LogP contribution in [0, 0.1) is 5.92 Å². The van der Waals surface area contributed by atoms with Crippen molar-refractivity contribution in [2.75, 3.05) is 13.1 Å². The number of rotatable bonds is 2. The van der Waals surface area contributed by atoms with Crippen LogP contribution in [0.15, 0.2) is 6.07 Å². The summed E-state index contributed by atoms with van der Waals surface area (Å²) in [7, 11) is 2.08. The van der Waals surface area contributed by atoms with E-state index in [1.807, 2.05) is 0 Å². The first kappa shape index (κ1) is 12.6. The molecule has 1 fully saturated rings. The van der Waals surface area contributed by atoms with Gasteiger partial charge >= 0.3 is 0 Å². The van der Waals surface area contributed by atoms with Gasteiger partial charge in [0.1, 0.15) is 0 Å². The van der Waals surface area contributed by atoms with E-state index in [0.717, 1.165) is 5.92 Å². The Hall–Kier alpha value is -0.830. The van der Waals surface area contributed by atoms with Gasteiger partial charge in [0.05, 0.1) is 5.69 Å². The molecule has 0 aromatic carbocycles. The zero-order valence-electron chi connectivity index (χ0n) is 11.6. The van der Waals surface area contributed by atoms with Crippen molar-refractivity contribution in [2.45, 2.75) is 45.4 Å². The van der Waals surface area contributed by atoms with Crippen molar-refractivity contribution >= 4 is 0 Å². The Balaban J connectivity index is 2.07. The molecule has 0 unspecified atom stereocenters. The standard InChI is InChI=1S/C14H25N3/c1-14(2,3)13-10-12(17(4)16-13)9-11-5-7-15-8-6-11/h10-11,15H,5-9H2,1-4H3. The smallest absolute Gasteiger partial charge is 0.0680 e. The molecule has 0 aliphatic carbocycles. The molecule has 3 heteroatoms. The molecule has 2 rings (SSSR count). The molecule has 1 saturated heterocycles. The number of piperidine rings is 1. The van der Waals surface area contributed by atoms with E-state index in [4.69, 9.17) is 0 Å². The lowest BCUT2D eigenvalue weighted by Crippen LogP contribution is -2.29. The second kappa shape index (κ2) is 4.81. The number of hydrogen-bond donors (Lipinski definition) is 1. The van der Waals surface area contributed by atoms with Crippen molar-refractivity contribution in [1.82, 2.24) is 15.1 Å². The number of aromatic nitrogens is 2. The predicted octanol–water partition coefficient (Wildman–Crippen LogP) is 2.26. The summed E-state index contributed by atoms with van der Waals surface area (Å²) in [6.07, 6.45) is 3.79. The average Bonchev–Trinajstić information content (AvgIpc) is 2.62. The lowest BCUT2D eigenvalue weighted by molar-refractivity contribution is 0.366. The van der Waals surface area contributed by atoms with E-state index in [1.54, 1.807) is 0 Å². The Morgan fingerprint density at radius 1 is 1.35 bits per heavy atom. The van der Waals surface area contributed by atoms with Crippen LogP contribution in [0.1, 0.15) is 45.0 Å². The quantitative estimate of drug-likeness (QED) is 0.852. The zero-order valence-corrected chi connectivity index (χ0v) is 11.6. The van der Waals surface area contributed by atoms with Gasteiger partial charge in [-0.05, 0) is 44.3 Å². The summed E-state index contributed by atoms with van der Waals surface area (Å²) in [6, 6.07) is 2.29. The summed E-state index contributed by atoms with van der Waals surface area (Å²) < 4.78 is 2.07. The fourth-order valence-corrected chi connectivity index (χ4v) is 2.45. The van der Waals surface area contributed by atoms with Crippen LogP contribution in [-0.4, -0.2) is 22.9 Å². The van der Waals surface area contributed by atoms with Crippen LogP contribution in [0.25, 0.3) is 0 Å². The molecular formula is C14H25N3. The topological polar surface area (TPSA) is 29.9 Å². The normalized spacial score (nSPS) is 18.6. The average molecular weight is 235 g/mol. The Morgan fingerprint density at radius 2 is 2.00 bits per heavy atom. The van der Waals surface area contributed by atoms with Crippen molar-refractivity contribution in [3.8, 4) is 0 Å². The summed E-state index contributed by atoms with van der Waals surface area (Å²) in [5, 5.41) is 8.07. The molecular weight excluding hydrogens is 210 g/mol. The van der Waals surface area contributed by atoms with Crippen LogP contribution < -0.4 is 5.32 Å². The minimum Gasteiger partial charge on any atom is -0.317 e. The molecule has 96 valence electrons. The Labute approximate surface area is 105 Å². The molecule has 0 amide bonds. The van der Waals surface area contributed by atoms with Crippen LogP contribution >= 0.6 is 0 Å². The summed E-state index contributed by atoms with van der Waals surface area (Å²) in [6.45, 7) is 9.03. The van der Waals surface area contributed by atoms with E-state index in [9.17, 15) is 0 Å². The first-order valence-electron chi connectivity index (χ1n) is 6.71. The van der Waals surface area contributed by atoms with Crippen molar-refractivity contribution in [2.24, 2.45) is 13.0 Å². The molecule has 0 atom stereocenters. The third kappa shape index (κ3) is 3.09. The van der Waals surface area contributed by atoms with E-state index >= 15 is 0 Å². The molecule has 3 nitrogen and oxygen atoms in total. The summed E-state index contributed by atoms with van der Waals surface area (Å²) in [4.78, 5) is 0. The maximum absolute atomic E-state index is 4.65. The van der Waals surface area contributed by atoms with Gasteiger partial charge in [-0.3, -0.25) is 4.68 Å². The molecule has 1 N–H and O–H groups in total. The van der Waals surface area contributed by atoms with E-state index in [1.165, 1.54) is 43.7 Å². The first-order chi connectivity index (χ1) is 7.97. The predicted molar refractivity (Wildman–Crippen MR) is 71.2 cm³/mol. The highest BCUT2D eigenvalue weighted by Crippen LogP contribution is 2.24. The summed E-state index contributed by atoms with van der Waals surface area (Å²) >= 11 is 0. The molecule has 1 aliphatic rings. The summed E-state index contributed by atoms with van der Waals surface area (Å²) in [5.74, 6) is 0.833. The third-order valence-corrected chi connectivity index (χ3v) is 3.70. The van der Waals surface area contributed by atoms with E-state index in [0.29, 0.717) is 0 Å². The first-order valence-corrected chi connectivity index (χ1v) is 6.71. The number of hydrogen-bond acceptors (Lipinski definition) is 2. The Kier molecular flexibility index (Phi) is 3.57. The molecule has 1 aromatic rings. The van der Waals surface area contributed by atoms with E-state index in [-0.39, 0.29) is 5.41 Å². The molecule has 0 spiro atoms. The molecule has 0 bridgehead atoms. The molecule has 1 aliphatic heterocycles. The molecule has 1 aromatic heterocycles. The minimum atomic E-state index is 0.157. The van der Waals surface area contributed by atoms with Crippen molar-refractivity contribution in [1.29, 1.82) is 0 Å². The number of aryl methyl sites for hydroxylation is 1. The zero-order chi connectivity index (χ0) is 12.5. The fourth-order valence-electron chi connectivity index (χ4n) is 2.45.